The van der Waals surface area contributed by atoms with Gasteiger partial charge in [-0.05, 0) is 69.8 Å². The molecule has 94 valence electrons. The Morgan fingerprint density at radius 2 is 2.22 bits per heavy atom. The van der Waals surface area contributed by atoms with E-state index in [1.807, 2.05) is 22.6 Å². The predicted molar refractivity (Wildman–Crippen MR) is 73.7 cm³/mol. The molecule has 1 aromatic heterocycles. The highest BCUT2D eigenvalue weighted by molar-refractivity contribution is 14.1. The highest BCUT2D eigenvalue weighted by Gasteiger charge is 2.28. The predicted octanol–water partition coefficient (Wildman–Crippen LogP) is 2.49. The van der Waals surface area contributed by atoms with Crippen LogP contribution >= 0.6 is 34.4 Å². The van der Waals surface area contributed by atoms with Crippen molar-refractivity contribution in [3.63, 3.8) is 0 Å². The van der Waals surface area contributed by atoms with E-state index in [1.54, 1.807) is 10.7 Å². The Kier molecular flexibility index (Phi) is 3.14. The molecule has 0 aliphatic heterocycles. The fraction of sp³-hybridized carbons (Fsp3) is 0.300. The smallest absolute Gasteiger partial charge is 0.214 e. The minimum atomic E-state index is -0.280. The zero-order valence-corrected chi connectivity index (χ0v) is 12.2. The van der Waals surface area contributed by atoms with Crippen molar-refractivity contribution in [2.75, 3.05) is 5.73 Å². The van der Waals surface area contributed by atoms with Crippen molar-refractivity contribution in [3.8, 4) is 0 Å². The number of aromatic nitrogens is 4. The fourth-order valence-corrected chi connectivity index (χ4v) is 2.92. The standard InChI is InChI=1S/C10H9FIN5S/c11-6-3-9(8(13)4-7(6)12)18-10-14-15-16-17(10)5-1-2-5/h3-5H,1-2,13H2. The van der Waals surface area contributed by atoms with Crippen LogP contribution in [-0.4, -0.2) is 20.2 Å². The Bertz CT molecular complexity index is 598. The number of nitrogens with zero attached hydrogens (tertiary/aromatic N) is 4. The summed E-state index contributed by atoms with van der Waals surface area (Å²) in [6.07, 6.45) is 2.18. The van der Waals surface area contributed by atoms with Gasteiger partial charge in [0.25, 0.3) is 0 Å². The minimum Gasteiger partial charge on any atom is -0.398 e. The summed E-state index contributed by atoms with van der Waals surface area (Å²) in [5.41, 5.74) is 6.42. The molecule has 0 atom stereocenters. The summed E-state index contributed by atoms with van der Waals surface area (Å²) in [6, 6.07) is 3.43. The quantitative estimate of drug-likeness (QED) is 0.658. The molecular formula is C10H9FIN5S. The van der Waals surface area contributed by atoms with Crippen LogP contribution in [0.15, 0.2) is 22.2 Å². The molecule has 3 rings (SSSR count). The second kappa shape index (κ2) is 4.65. The number of nitrogens with two attached hydrogens (primary N) is 1. The number of hydrogen-bond acceptors (Lipinski definition) is 5. The van der Waals surface area contributed by atoms with Gasteiger partial charge in [0.2, 0.25) is 5.16 Å². The maximum absolute atomic E-state index is 13.5. The molecule has 1 saturated carbocycles. The molecule has 1 aliphatic rings. The van der Waals surface area contributed by atoms with Gasteiger partial charge in [0.15, 0.2) is 0 Å². The van der Waals surface area contributed by atoms with Crippen LogP contribution < -0.4 is 5.73 Å². The zero-order chi connectivity index (χ0) is 12.7. The Hall–Kier alpha value is -0.900. The lowest BCUT2D eigenvalue weighted by atomic mass is 10.3. The molecule has 2 N–H and O–H groups in total. The molecular weight excluding hydrogens is 368 g/mol. The van der Waals surface area contributed by atoms with Gasteiger partial charge in [0.1, 0.15) is 5.82 Å². The molecule has 0 amide bonds. The molecule has 5 nitrogen and oxygen atoms in total. The molecule has 18 heavy (non-hydrogen) atoms. The van der Waals surface area contributed by atoms with Crippen molar-refractivity contribution < 1.29 is 4.39 Å². The second-order valence-electron chi connectivity index (χ2n) is 4.04. The van der Waals surface area contributed by atoms with Gasteiger partial charge >= 0.3 is 0 Å². The maximum Gasteiger partial charge on any atom is 0.214 e. The summed E-state index contributed by atoms with van der Waals surface area (Å²) in [4.78, 5) is 0.643. The summed E-state index contributed by atoms with van der Waals surface area (Å²) in [7, 11) is 0. The van der Waals surface area contributed by atoms with Crippen LogP contribution in [0.2, 0.25) is 0 Å². The number of rotatable bonds is 3. The Morgan fingerprint density at radius 1 is 1.44 bits per heavy atom. The average Bonchev–Trinajstić information content (AvgIpc) is 3.07. The van der Waals surface area contributed by atoms with Gasteiger partial charge in [-0.25, -0.2) is 9.07 Å². The summed E-state index contributed by atoms with van der Waals surface area (Å²) in [5.74, 6) is -0.280. The number of tetrazole rings is 1. The van der Waals surface area contributed by atoms with Crippen molar-refractivity contribution in [1.29, 1.82) is 0 Å². The molecule has 1 heterocycles. The Balaban J connectivity index is 1.92. The van der Waals surface area contributed by atoms with Gasteiger partial charge in [-0.2, -0.15) is 0 Å². The van der Waals surface area contributed by atoms with Crippen molar-refractivity contribution in [3.05, 3.63) is 21.5 Å². The van der Waals surface area contributed by atoms with Crippen molar-refractivity contribution in [2.45, 2.75) is 28.9 Å². The number of anilines is 1. The van der Waals surface area contributed by atoms with E-state index in [0.717, 1.165) is 12.8 Å². The molecule has 8 heteroatoms. The van der Waals surface area contributed by atoms with Crippen LogP contribution in [0.25, 0.3) is 0 Å². The van der Waals surface area contributed by atoms with Gasteiger partial charge in [-0.1, -0.05) is 0 Å². The third-order valence-corrected chi connectivity index (χ3v) is 4.46. The van der Waals surface area contributed by atoms with E-state index in [9.17, 15) is 4.39 Å². The van der Waals surface area contributed by atoms with Crippen LogP contribution in [0.4, 0.5) is 10.1 Å². The molecule has 0 saturated heterocycles. The van der Waals surface area contributed by atoms with Crippen LogP contribution in [-0.2, 0) is 0 Å². The summed E-state index contributed by atoms with van der Waals surface area (Å²) in [6.45, 7) is 0. The van der Waals surface area contributed by atoms with Crippen LogP contribution in [0.3, 0.4) is 0 Å². The summed E-state index contributed by atoms with van der Waals surface area (Å²) >= 11 is 3.21. The fourth-order valence-electron chi connectivity index (χ4n) is 1.53. The van der Waals surface area contributed by atoms with Gasteiger partial charge in [0.05, 0.1) is 9.61 Å². The molecule has 1 aromatic carbocycles. The first kappa shape index (κ1) is 12.2. The lowest BCUT2D eigenvalue weighted by Crippen LogP contribution is -1.99. The molecule has 0 bridgehead atoms. The van der Waals surface area contributed by atoms with Crippen LogP contribution in [0, 0.1) is 9.39 Å². The van der Waals surface area contributed by atoms with Crippen molar-refractivity contribution >= 4 is 40.0 Å². The van der Waals surface area contributed by atoms with Gasteiger partial charge in [-0.3, -0.25) is 0 Å². The first-order valence-electron chi connectivity index (χ1n) is 5.35. The molecule has 0 unspecified atom stereocenters. The van der Waals surface area contributed by atoms with E-state index in [1.165, 1.54) is 17.8 Å². The summed E-state index contributed by atoms with van der Waals surface area (Å²) in [5, 5.41) is 12.2. The molecule has 2 aromatic rings. The molecule has 1 fully saturated rings. The number of benzene rings is 1. The second-order valence-corrected chi connectivity index (χ2v) is 6.21. The Labute approximate surface area is 120 Å². The number of halogens is 2. The van der Waals surface area contributed by atoms with E-state index in [-0.39, 0.29) is 5.82 Å². The lowest BCUT2D eigenvalue weighted by Gasteiger charge is -2.06. The van der Waals surface area contributed by atoms with E-state index >= 15 is 0 Å². The zero-order valence-electron chi connectivity index (χ0n) is 9.18. The van der Waals surface area contributed by atoms with Gasteiger partial charge < -0.3 is 5.73 Å². The first-order valence-corrected chi connectivity index (χ1v) is 7.25. The van der Waals surface area contributed by atoms with Crippen molar-refractivity contribution in [1.82, 2.24) is 20.2 Å². The number of nitrogen functional groups attached to an aromatic ring is 1. The summed E-state index contributed by atoms with van der Waals surface area (Å²) < 4.78 is 15.8. The van der Waals surface area contributed by atoms with E-state index < -0.39 is 0 Å². The largest absolute Gasteiger partial charge is 0.398 e. The Morgan fingerprint density at radius 3 is 2.94 bits per heavy atom. The van der Waals surface area contributed by atoms with E-state index in [0.29, 0.717) is 25.4 Å². The maximum atomic E-state index is 13.5. The molecule has 1 aliphatic carbocycles. The van der Waals surface area contributed by atoms with Crippen molar-refractivity contribution in [2.24, 2.45) is 0 Å². The average molecular weight is 377 g/mol. The van der Waals surface area contributed by atoms with Gasteiger partial charge in [0, 0.05) is 10.6 Å². The molecule has 0 radical (unpaired) electrons. The third kappa shape index (κ3) is 2.30. The third-order valence-electron chi connectivity index (χ3n) is 2.61. The van der Waals surface area contributed by atoms with Crippen LogP contribution in [0.1, 0.15) is 18.9 Å². The van der Waals surface area contributed by atoms with Crippen LogP contribution in [0.5, 0.6) is 0 Å². The first-order chi connectivity index (χ1) is 8.65. The lowest BCUT2D eigenvalue weighted by molar-refractivity contribution is 0.565. The van der Waals surface area contributed by atoms with Gasteiger partial charge in [-0.15, -0.1) is 5.10 Å². The SMILES string of the molecule is Nc1cc(I)c(F)cc1Sc1nnnn1C1CC1. The molecule has 0 spiro atoms. The minimum absolute atomic E-state index is 0.280. The van der Waals surface area contributed by atoms with E-state index in [2.05, 4.69) is 15.5 Å². The topological polar surface area (TPSA) is 69.6 Å². The monoisotopic (exact) mass is 377 g/mol. The normalized spacial score (nSPS) is 15.0. The highest BCUT2D eigenvalue weighted by atomic mass is 127. The number of hydrogen-bond donors (Lipinski definition) is 1. The van der Waals surface area contributed by atoms with E-state index in [4.69, 9.17) is 5.73 Å². The highest BCUT2D eigenvalue weighted by Crippen LogP contribution is 2.39.